The van der Waals surface area contributed by atoms with Crippen molar-refractivity contribution in [2.75, 3.05) is 14.2 Å². The molecule has 164 valence electrons. The number of nitrogens with one attached hydrogen (secondary N) is 1. The molecule has 0 bridgehead atoms. The SMILES string of the molecule is CNC(=O)c1cccc(-c2ccc3nnc(COc4ccnc5cc(OC)ccc45)n3n2)c1. The summed E-state index contributed by atoms with van der Waals surface area (Å²) >= 11 is 0. The number of carbonyl (C=O) groups excluding carboxylic acids is 1. The molecule has 0 atom stereocenters. The van der Waals surface area contributed by atoms with E-state index in [-0.39, 0.29) is 12.5 Å². The highest BCUT2D eigenvalue weighted by Crippen LogP contribution is 2.27. The first-order chi connectivity index (χ1) is 16.2. The van der Waals surface area contributed by atoms with E-state index in [0.717, 1.165) is 22.2 Å². The molecule has 0 aliphatic carbocycles. The Hall–Kier alpha value is -4.53. The molecule has 0 spiro atoms. The second-order valence-electron chi connectivity index (χ2n) is 7.25. The minimum atomic E-state index is -0.154. The Labute approximate surface area is 189 Å². The minimum absolute atomic E-state index is 0.154. The molecular weight excluding hydrogens is 420 g/mol. The summed E-state index contributed by atoms with van der Waals surface area (Å²) in [5.41, 5.74) is 3.44. The van der Waals surface area contributed by atoms with E-state index >= 15 is 0 Å². The number of methoxy groups -OCH3 is 1. The molecular formula is C24H20N6O3. The number of carbonyl (C=O) groups is 1. The van der Waals surface area contributed by atoms with Gasteiger partial charge in [-0.3, -0.25) is 9.78 Å². The fourth-order valence-corrected chi connectivity index (χ4v) is 3.54. The van der Waals surface area contributed by atoms with E-state index in [0.29, 0.717) is 28.5 Å². The van der Waals surface area contributed by atoms with Crippen molar-refractivity contribution < 1.29 is 14.3 Å². The van der Waals surface area contributed by atoms with Crippen molar-refractivity contribution in [2.24, 2.45) is 0 Å². The summed E-state index contributed by atoms with van der Waals surface area (Å²) in [5, 5.41) is 16.6. The number of rotatable bonds is 6. The summed E-state index contributed by atoms with van der Waals surface area (Å²) in [6.07, 6.45) is 1.69. The molecule has 9 heteroatoms. The van der Waals surface area contributed by atoms with Gasteiger partial charge in [0.15, 0.2) is 11.5 Å². The molecule has 0 unspecified atom stereocenters. The monoisotopic (exact) mass is 440 g/mol. The first-order valence-corrected chi connectivity index (χ1v) is 10.3. The molecule has 9 nitrogen and oxygen atoms in total. The van der Waals surface area contributed by atoms with Crippen molar-refractivity contribution in [1.29, 1.82) is 0 Å². The van der Waals surface area contributed by atoms with Crippen LogP contribution in [-0.4, -0.2) is 44.9 Å². The predicted molar refractivity (Wildman–Crippen MR) is 122 cm³/mol. The molecule has 1 amide bonds. The van der Waals surface area contributed by atoms with Gasteiger partial charge < -0.3 is 14.8 Å². The first kappa shape index (κ1) is 20.4. The molecule has 5 aromatic rings. The summed E-state index contributed by atoms with van der Waals surface area (Å²) in [7, 11) is 3.22. The molecule has 5 rings (SSSR count). The van der Waals surface area contributed by atoms with Crippen LogP contribution in [0.1, 0.15) is 16.2 Å². The highest BCUT2D eigenvalue weighted by molar-refractivity contribution is 5.95. The predicted octanol–water partition coefficient (Wildman–Crippen LogP) is 3.29. The molecule has 2 aromatic carbocycles. The quantitative estimate of drug-likeness (QED) is 0.432. The van der Waals surface area contributed by atoms with Gasteiger partial charge in [-0.15, -0.1) is 10.2 Å². The Morgan fingerprint density at radius 2 is 1.97 bits per heavy atom. The van der Waals surface area contributed by atoms with Crippen LogP contribution in [0.15, 0.2) is 66.9 Å². The molecule has 0 aliphatic rings. The van der Waals surface area contributed by atoms with Crippen molar-refractivity contribution in [3.63, 3.8) is 0 Å². The van der Waals surface area contributed by atoms with Crippen molar-refractivity contribution >= 4 is 22.5 Å². The Morgan fingerprint density at radius 1 is 1.06 bits per heavy atom. The van der Waals surface area contributed by atoms with Crippen LogP contribution in [0.25, 0.3) is 27.8 Å². The van der Waals surface area contributed by atoms with E-state index < -0.39 is 0 Å². The lowest BCUT2D eigenvalue weighted by molar-refractivity contribution is 0.0963. The summed E-state index contributed by atoms with van der Waals surface area (Å²) < 4.78 is 13.0. The summed E-state index contributed by atoms with van der Waals surface area (Å²) in [5.74, 6) is 1.80. The maximum absolute atomic E-state index is 12.0. The lowest BCUT2D eigenvalue weighted by Crippen LogP contribution is -2.17. The normalized spacial score (nSPS) is 11.0. The Bertz CT molecular complexity index is 1480. The molecule has 3 aromatic heterocycles. The van der Waals surface area contributed by atoms with Gasteiger partial charge in [0.1, 0.15) is 18.1 Å². The number of aromatic nitrogens is 5. The van der Waals surface area contributed by atoms with Gasteiger partial charge in [-0.2, -0.15) is 9.61 Å². The van der Waals surface area contributed by atoms with Crippen LogP contribution in [0, 0.1) is 0 Å². The fraction of sp³-hybridized carbons (Fsp3) is 0.125. The largest absolute Gasteiger partial charge is 0.497 e. The van der Waals surface area contributed by atoms with E-state index in [2.05, 4.69) is 25.6 Å². The molecule has 0 fully saturated rings. The van der Waals surface area contributed by atoms with Gasteiger partial charge in [0.05, 0.1) is 18.3 Å². The lowest BCUT2D eigenvalue weighted by atomic mass is 10.1. The number of amides is 1. The summed E-state index contributed by atoms with van der Waals surface area (Å²) in [4.78, 5) is 16.4. The van der Waals surface area contributed by atoms with Crippen molar-refractivity contribution in [1.82, 2.24) is 30.1 Å². The van der Waals surface area contributed by atoms with E-state index in [1.54, 1.807) is 43.1 Å². The van der Waals surface area contributed by atoms with Gasteiger partial charge in [-0.05, 0) is 42.5 Å². The third-order valence-corrected chi connectivity index (χ3v) is 5.24. The highest BCUT2D eigenvalue weighted by atomic mass is 16.5. The standard InChI is InChI=1S/C24H20N6O3/c1-25-24(31)16-5-3-4-15(12-16)19-8-9-22-27-28-23(30(22)29-19)14-33-21-10-11-26-20-13-17(32-2)6-7-18(20)21/h3-13H,14H2,1-2H3,(H,25,31). The van der Waals surface area contributed by atoms with Crippen molar-refractivity contribution in [3.8, 4) is 22.8 Å². The Balaban J connectivity index is 1.45. The number of hydrogen-bond acceptors (Lipinski definition) is 7. The average molecular weight is 440 g/mol. The van der Waals surface area contributed by atoms with Crippen LogP contribution in [0.4, 0.5) is 0 Å². The third-order valence-electron chi connectivity index (χ3n) is 5.24. The Morgan fingerprint density at radius 3 is 2.82 bits per heavy atom. The van der Waals surface area contributed by atoms with Crippen LogP contribution in [0.3, 0.4) is 0 Å². The molecule has 0 saturated carbocycles. The third kappa shape index (κ3) is 3.91. The number of benzene rings is 2. The van der Waals surface area contributed by atoms with E-state index in [1.165, 1.54) is 0 Å². The average Bonchev–Trinajstić information content (AvgIpc) is 3.28. The molecule has 33 heavy (non-hydrogen) atoms. The van der Waals surface area contributed by atoms with Crippen molar-refractivity contribution in [2.45, 2.75) is 6.61 Å². The van der Waals surface area contributed by atoms with E-state index in [9.17, 15) is 4.79 Å². The Kier molecular flexibility index (Phi) is 5.27. The minimum Gasteiger partial charge on any atom is -0.497 e. The van der Waals surface area contributed by atoms with Crippen molar-refractivity contribution in [3.05, 3.63) is 78.2 Å². The summed E-state index contributed by atoms with van der Waals surface area (Å²) in [6.45, 7) is 0.168. The molecule has 1 N–H and O–H groups in total. The fourth-order valence-electron chi connectivity index (χ4n) is 3.54. The van der Waals surface area contributed by atoms with E-state index in [1.807, 2.05) is 42.5 Å². The highest BCUT2D eigenvalue weighted by Gasteiger charge is 2.12. The number of pyridine rings is 1. The first-order valence-electron chi connectivity index (χ1n) is 10.3. The van der Waals surface area contributed by atoms with Gasteiger partial charge >= 0.3 is 0 Å². The molecule has 0 saturated heterocycles. The zero-order chi connectivity index (χ0) is 22.8. The maximum Gasteiger partial charge on any atom is 0.251 e. The van der Waals surface area contributed by atoms with Gasteiger partial charge in [-0.1, -0.05) is 12.1 Å². The van der Waals surface area contributed by atoms with Gasteiger partial charge in [0.2, 0.25) is 0 Å². The summed E-state index contributed by atoms with van der Waals surface area (Å²) in [6, 6.07) is 18.4. The van der Waals surface area contributed by atoms with E-state index in [4.69, 9.17) is 9.47 Å². The van der Waals surface area contributed by atoms with Gasteiger partial charge in [0, 0.05) is 35.8 Å². The zero-order valence-electron chi connectivity index (χ0n) is 18.0. The van der Waals surface area contributed by atoms with Gasteiger partial charge in [-0.25, -0.2) is 0 Å². The lowest BCUT2D eigenvalue weighted by Gasteiger charge is -2.09. The van der Waals surface area contributed by atoms with Crippen LogP contribution in [0.5, 0.6) is 11.5 Å². The maximum atomic E-state index is 12.0. The number of fused-ring (bicyclic) bond motifs is 2. The van der Waals surface area contributed by atoms with Crippen LogP contribution >= 0.6 is 0 Å². The second-order valence-corrected chi connectivity index (χ2v) is 7.25. The zero-order valence-corrected chi connectivity index (χ0v) is 18.0. The number of ether oxygens (including phenoxy) is 2. The van der Waals surface area contributed by atoms with Crippen LogP contribution in [-0.2, 0) is 6.61 Å². The number of nitrogens with zero attached hydrogens (tertiary/aromatic N) is 5. The number of hydrogen-bond donors (Lipinski definition) is 1. The van der Waals surface area contributed by atoms with Crippen LogP contribution in [0.2, 0.25) is 0 Å². The van der Waals surface area contributed by atoms with Crippen LogP contribution < -0.4 is 14.8 Å². The smallest absolute Gasteiger partial charge is 0.251 e. The topological polar surface area (TPSA) is 104 Å². The second kappa shape index (κ2) is 8.54. The van der Waals surface area contributed by atoms with Gasteiger partial charge in [0.25, 0.3) is 5.91 Å². The molecule has 3 heterocycles. The molecule has 0 radical (unpaired) electrons. The molecule has 0 aliphatic heterocycles.